The lowest BCUT2D eigenvalue weighted by molar-refractivity contribution is -0.121. The van der Waals surface area contributed by atoms with Crippen LogP contribution in [0.5, 0.6) is 0 Å². The molecule has 1 atom stereocenters. The number of aromatic nitrogens is 3. The maximum absolute atomic E-state index is 12.5. The van der Waals surface area contributed by atoms with Crippen LogP contribution in [-0.4, -0.2) is 37.9 Å². The number of benzene rings is 1. The van der Waals surface area contributed by atoms with E-state index in [1.54, 1.807) is 18.2 Å². The molecule has 29 heavy (non-hydrogen) atoms. The molecule has 9 heteroatoms. The minimum Gasteiger partial charge on any atom is -0.352 e. The number of amides is 2. The average Bonchev–Trinajstić information content (AvgIpc) is 3.33. The Kier molecular flexibility index (Phi) is 7.55. The smallest absolute Gasteiger partial charge is 0.233 e. The van der Waals surface area contributed by atoms with Gasteiger partial charge in [-0.3, -0.25) is 9.59 Å². The predicted octanol–water partition coefficient (Wildman–Crippen LogP) is 3.67. The Morgan fingerprint density at radius 3 is 2.69 bits per heavy atom. The third-order valence-corrected chi connectivity index (χ3v) is 6.34. The molecule has 0 radical (unpaired) electrons. The predicted molar refractivity (Wildman–Crippen MR) is 115 cm³/mol. The highest BCUT2D eigenvalue weighted by Gasteiger charge is 2.24. The molecule has 0 saturated heterocycles. The molecule has 7 nitrogen and oxygen atoms in total. The van der Waals surface area contributed by atoms with Crippen LogP contribution in [0.4, 0.5) is 5.69 Å². The van der Waals surface area contributed by atoms with Crippen LogP contribution < -0.4 is 10.6 Å². The molecule has 0 spiro atoms. The summed E-state index contributed by atoms with van der Waals surface area (Å²) in [5.74, 6) is 0.359. The highest BCUT2D eigenvalue weighted by Crippen LogP contribution is 2.25. The number of anilines is 1. The number of hydrogen-bond acceptors (Lipinski definition) is 5. The van der Waals surface area contributed by atoms with Crippen molar-refractivity contribution < 1.29 is 9.59 Å². The summed E-state index contributed by atoms with van der Waals surface area (Å²) in [6.45, 7) is 4.45. The molecule has 156 valence electrons. The first-order valence-corrected chi connectivity index (χ1v) is 11.2. The highest BCUT2D eigenvalue weighted by molar-refractivity contribution is 8.00. The molecular weight excluding hydrogens is 410 g/mol. The number of nitrogens with one attached hydrogen (secondary N) is 2. The van der Waals surface area contributed by atoms with Gasteiger partial charge in [0.2, 0.25) is 11.8 Å². The maximum Gasteiger partial charge on any atom is 0.233 e. The summed E-state index contributed by atoms with van der Waals surface area (Å²) in [6, 6.07) is 7.37. The van der Waals surface area contributed by atoms with Gasteiger partial charge in [0.1, 0.15) is 5.82 Å². The van der Waals surface area contributed by atoms with Crippen LogP contribution in [0.15, 0.2) is 29.4 Å². The Morgan fingerprint density at radius 1 is 1.28 bits per heavy atom. The summed E-state index contributed by atoms with van der Waals surface area (Å²) in [5, 5.41) is 15.1. The van der Waals surface area contributed by atoms with Crippen molar-refractivity contribution >= 4 is 40.9 Å². The van der Waals surface area contributed by atoms with Gasteiger partial charge in [-0.2, -0.15) is 0 Å². The van der Waals surface area contributed by atoms with E-state index in [-0.39, 0.29) is 23.5 Å². The summed E-state index contributed by atoms with van der Waals surface area (Å²) in [6.07, 6.45) is 4.54. The van der Waals surface area contributed by atoms with Gasteiger partial charge in [0, 0.05) is 12.6 Å². The van der Waals surface area contributed by atoms with Gasteiger partial charge in [-0.25, -0.2) is 0 Å². The molecule has 1 aromatic heterocycles. The van der Waals surface area contributed by atoms with Gasteiger partial charge in [-0.1, -0.05) is 48.3 Å². The van der Waals surface area contributed by atoms with Crippen molar-refractivity contribution in [2.75, 3.05) is 5.32 Å². The second-order valence-electron chi connectivity index (χ2n) is 7.10. The summed E-state index contributed by atoms with van der Waals surface area (Å²) in [4.78, 5) is 24.9. The lowest BCUT2D eigenvalue weighted by atomic mass is 10.2. The van der Waals surface area contributed by atoms with Gasteiger partial charge in [-0.15, -0.1) is 10.2 Å². The zero-order chi connectivity index (χ0) is 20.8. The lowest BCUT2D eigenvalue weighted by Gasteiger charge is -2.16. The molecule has 2 amide bonds. The number of nitrogens with zero attached hydrogens (tertiary/aromatic N) is 3. The van der Waals surface area contributed by atoms with Gasteiger partial charge >= 0.3 is 0 Å². The van der Waals surface area contributed by atoms with Crippen molar-refractivity contribution in [1.82, 2.24) is 20.1 Å². The van der Waals surface area contributed by atoms with E-state index in [0.29, 0.717) is 34.3 Å². The first kappa shape index (κ1) is 21.6. The number of thioether (sulfide) groups is 1. The van der Waals surface area contributed by atoms with E-state index in [9.17, 15) is 9.59 Å². The molecule has 1 fully saturated rings. The van der Waals surface area contributed by atoms with Crippen LogP contribution in [-0.2, 0) is 22.6 Å². The molecule has 1 saturated carbocycles. The minimum absolute atomic E-state index is 0.0190. The van der Waals surface area contributed by atoms with Crippen LogP contribution in [0.1, 0.15) is 45.4 Å². The van der Waals surface area contributed by atoms with Crippen LogP contribution in [0.25, 0.3) is 0 Å². The first-order valence-electron chi connectivity index (χ1n) is 9.91. The van der Waals surface area contributed by atoms with Crippen LogP contribution in [0.3, 0.4) is 0 Å². The normalized spacial score (nSPS) is 15.3. The summed E-state index contributed by atoms with van der Waals surface area (Å²) in [5.41, 5.74) is 0.563. The second-order valence-corrected chi connectivity index (χ2v) is 8.81. The molecule has 1 aromatic carbocycles. The monoisotopic (exact) mass is 435 g/mol. The van der Waals surface area contributed by atoms with Crippen molar-refractivity contribution in [2.45, 2.75) is 68.9 Å². The topological polar surface area (TPSA) is 88.9 Å². The van der Waals surface area contributed by atoms with Gasteiger partial charge in [-0.05, 0) is 38.8 Å². The van der Waals surface area contributed by atoms with E-state index in [1.807, 2.05) is 24.5 Å². The molecule has 2 N–H and O–H groups in total. The lowest BCUT2D eigenvalue weighted by Crippen LogP contribution is -2.37. The molecule has 1 heterocycles. The van der Waals surface area contributed by atoms with Crippen molar-refractivity contribution in [1.29, 1.82) is 0 Å². The third-order valence-electron chi connectivity index (χ3n) is 4.93. The van der Waals surface area contributed by atoms with E-state index in [1.165, 1.54) is 24.6 Å². The van der Waals surface area contributed by atoms with Crippen LogP contribution >= 0.6 is 23.4 Å². The molecule has 3 rings (SSSR count). The zero-order valence-electron chi connectivity index (χ0n) is 16.7. The Bertz CT molecular complexity index is 866. The van der Waals surface area contributed by atoms with Gasteiger partial charge in [0.25, 0.3) is 0 Å². The number of hydrogen-bond donors (Lipinski definition) is 2. The Balaban J connectivity index is 1.61. The number of rotatable bonds is 8. The Hall–Kier alpha value is -2.06. The first-order chi connectivity index (χ1) is 14.0. The maximum atomic E-state index is 12.5. The molecule has 0 bridgehead atoms. The van der Waals surface area contributed by atoms with Crippen LogP contribution in [0.2, 0.25) is 5.02 Å². The standard InChI is InChI=1S/C20H26ClN5O2S/c1-3-26-17(12-18(27)23-16-11-7-6-10-15(16)21)24-25-20(26)29-13(2)19(28)22-14-8-4-5-9-14/h6-7,10-11,13-14H,3-5,8-9,12H2,1-2H3,(H,22,28)(H,23,27)/t13-/m1/s1. The number of carbonyl (C=O) groups excluding carboxylic acids is 2. The van der Waals surface area contributed by atoms with E-state index >= 15 is 0 Å². The molecule has 1 aliphatic carbocycles. The molecule has 0 aliphatic heterocycles. The Morgan fingerprint density at radius 2 is 2.00 bits per heavy atom. The van der Waals surface area contributed by atoms with Gasteiger partial charge < -0.3 is 15.2 Å². The van der Waals surface area contributed by atoms with Crippen molar-refractivity contribution in [2.24, 2.45) is 0 Å². The summed E-state index contributed by atoms with van der Waals surface area (Å²) >= 11 is 7.46. The Labute approximate surface area is 180 Å². The third kappa shape index (κ3) is 5.73. The zero-order valence-corrected chi connectivity index (χ0v) is 18.2. The number of para-hydroxylation sites is 1. The van der Waals surface area contributed by atoms with E-state index in [2.05, 4.69) is 20.8 Å². The van der Waals surface area contributed by atoms with E-state index in [0.717, 1.165) is 12.8 Å². The fourth-order valence-corrected chi connectivity index (χ4v) is 4.48. The molecule has 0 unspecified atom stereocenters. The molecule has 2 aromatic rings. The minimum atomic E-state index is -0.282. The van der Waals surface area contributed by atoms with Gasteiger partial charge in [0.05, 0.1) is 22.4 Å². The van der Waals surface area contributed by atoms with E-state index < -0.39 is 0 Å². The van der Waals surface area contributed by atoms with Crippen molar-refractivity contribution in [3.8, 4) is 0 Å². The van der Waals surface area contributed by atoms with Crippen LogP contribution in [0, 0.1) is 0 Å². The van der Waals surface area contributed by atoms with E-state index in [4.69, 9.17) is 11.6 Å². The van der Waals surface area contributed by atoms with Crippen molar-refractivity contribution in [3.63, 3.8) is 0 Å². The average molecular weight is 436 g/mol. The number of carbonyl (C=O) groups is 2. The SMILES string of the molecule is CCn1c(CC(=O)Nc2ccccc2Cl)nnc1S[C@H](C)C(=O)NC1CCCC1. The largest absolute Gasteiger partial charge is 0.352 e. The molecule has 1 aliphatic rings. The highest BCUT2D eigenvalue weighted by atomic mass is 35.5. The molecular formula is C20H26ClN5O2S. The fraction of sp³-hybridized carbons (Fsp3) is 0.500. The summed E-state index contributed by atoms with van der Waals surface area (Å²) < 4.78 is 1.87. The second kappa shape index (κ2) is 10.1. The van der Waals surface area contributed by atoms with Crippen molar-refractivity contribution in [3.05, 3.63) is 35.1 Å². The number of halogens is 1. The van der Waals surface area contributed by atoms with Gasteiger partial charge in [0.15, 0.2) is 5.16 Å². The summed E-state index contributed by atoms with van der Waals surface area (Å²) in [7, 11) is 0. The quantitative estimate of drug-likeness (QED) is 0.617. The fourth-order valence-electron chi connectivity index (χ4n) is 3.36.